The van der Waals surface area contributed by atoms with E-state index in [2.05, 4.69) is 26.6 Å². The van der Waals surface area contributed by atoms with Crippen molar-refractivity contribution in [2.24, 2.45) is 0 Å². The third-order valence-electron chi connectivity index (χ3n) is 6.56. The van der Waals surface area contributed by atoms with Gasteiger partial charge in [0.2, 0.25) is 5.72 Å². The van der Waals surface area contributed by atoms with Crippen molar-refractivity contribution in [2.75, 3.05) is 31.0 Å². The number of Topliss-reactive ketones (excluding diaryl/α,β-unsaturated/α-hetero) is 1. The number of nitrogens with one attached hydrogen (secondary N) is 2. The van der Waals surface area contributed by atoms with Crippen molar-refractivity contribution in [3.05, 3.63) is 88.4 Å². The molecule has 1 unspecified atom stereocenters. The fourth-order valence-electron chi connectivity index (χ4n) is 4.58. The number of anilines is 2. The molecule has 3 aromatic rings. The van der Waals surface area contributed by atoms with Crippen molar-refractivity contribution in [1.82, 2.24) is 4.90 Å². The molecule has 4 rings (SSSR count). The zero-order valence-corrected chi connectivity index (χ0v) is 24.2. The summed E-state index contributed by atoms with van der Waals surface area (Å²) < 4.78 is 17.0. The van der Waals surface area contributed by atoms with Crippen molar-refractivity contribution in [1.29, 1.82) is 0 Å². The number of ether oxygens (including phenoxy) is 3. The molecule has 41 heavy (non-hydrogen) atoms. The Morgan fingerprint density at radius 3 is 2.32 bits per heavy atom. The minimum Gasteiger partial charge on any atom is -0.478 e. The van der Waals surface area contributed by atoms with Crippen molar-refractivity contribution >= 4 is 51.1 Å². The largest absolute Gasteiger partial charge is 0.478 e. The predicted molar refractivity (Wildman–Crippen MR) is 156 cm³/mol. The highest BCUT2D eigenvalue weighted by Crippen LogP contribution is 2.33. The number of carbonyl (C=O) groups is 4. The van der Waals surface area contributed by atoms with Gasteiger partial charge < -0.3 is 24.8 Å². The summed E-state index contributed by atoms with van der Waals surface area (Å²) >= 11 is 3.39. The van der Waals surface area contributed by atoms with Gasteiger partial charge in [-0.3, -0.25) is 9.59 Å². The normalized spacial score (nSPS) is 16.5. The lowest BCUT2D eigenvalue weighted by molar-refractivity contribution is -0.188. The summed E-state index contributed by atoms with van der Waals surface area (Å²) in [7, 11) is 1.31. The summed E-state index contributed by atoms with van der Waals surface area (Å²) in [6.07, 6.45) is 0.991. The van der Waals surface area contributed by atoms with E-state index in [4.69, 9.17) is 14.2 Å². The number of amides is 2. The van der Waals surface area contributed by atoms with Crippen molar-refractivity contribution in [3.8, 4) is 5.75 Å². The first-order valence-corrected chi connectivity index (χ1v) is 13.7. The Labute approximate surface area is 246 Å². The number of carbonyl (C=O) groups excluding carboxylic acids is 4. The van der Waals surface area contributed by atoms with Gasteiger partial charge in [0.25, 0.3) is 0 Å². The molecule has 2 N–H and O–H groups in total. The lowest BCUT2D eigenvalue weighted by atomic mass is 9.98. The molecule has 1 aliphatic heterocycles. The zero-order valence-electron chi connectivity index (χ0n) is 22.6. The lowest BCUT2D eigenvalue weighted by Gasteiger charge is -2.35. The maximum Gasteiger partial charge on any atom is 0.337 e. The summed E-state index contributed by atoms with van der Waals surface area (Å²) in [4.78, 5) is 51.5. The van der Waals surface area contributed by atoms with Crippen LogP contribution in [0.4, 0.5) is 16.2 Å². The lowest BCUT2D eigenvalue weighted by Crippen LogP contribution is -2.55. The molecule has 1 saturated heterocycles. The molecule has 0 saturated carbocycles. The first-order valence-electron chi connectivity index (χ1n) is 12.9. The monoisotopic (exact) mass is 623 g/mol. The predicted octanol–water partition coefficient (Wildman–Crippen LogP) is 5.38. The van der Waals surface area contributed by atoms with Crippen LogP contribution in [-0.4, -0.2) is 54.8 Å². The van der Waals surface area contributed by atoms with E-state index in [0.717, 1.165) is 4.47 Å². The van der Waals surface area contributed by atoms with Gasteiger partial charge in [-0.15, -0.1) is 0 Å². The highest BCUT2D eigenvalue weighted by atomic mass is 79.9. The average Bonchev–Trinajstić information content (AvgIpc) is 3.36. The van der Waals surface area contributed by atoms with Crippen LogP contribution in [0.25, 0.3) is 0 Å². The van der Waals surface area contributed by atoms with Gasteiger partial charge in [0, 0.05) is 36.5 Å². The number of ketones is 1. The third kappa shape index (κ3) is 7.50. The molecular weight excluding hydrogens is 594 g/mol. The Balaban J connectivity index is 1.40. The van der Waals surface area contributed by atoms with Crippen LogP contribution in [0.5, 0.6) is 5.75 Å². The highest BCUT2D eigenvalue weighted by molar-refractivity contribution is 9.10. The first kappa shape index (κ1) is 29.8. The zero-order chi connectivity index (χ0) is 29.4. The summed E-state index contributed by atoms with van der Waals surface area (Å²) in [5.41, 5.74) is 0.805. The minimum atomic E-state index is -1.46. The molecule has 1 aliphatic rings. The molecule has 11 heteroatoms. The summed E-state index contributed by atoms with van der Waals surface area (Å²) in [5, 5.41) is 5.53. The molecule has 0 radical (unpaired) electrons. The van der Waals surface area contributed by atoms with Gasteiger partial charge in [0.05, 0.1) is 18.4 Å². The topological polar surface area (TPSA) is 123 Å². The molecule has 1 heterocycles. The Morgan fingerprint density at radius 2 is 1.66 bits per heavy atom. The number of benzene rings is 3. The maximum atomic E-state index is 13.6. The number of para-hydroxylation sites is 1. The standard InChI is InChI=1S/C30H30BrN3O7/c1-20(35)41-30(16-5-17-34(30)19-40-24-14-10-22(11-15-24)28(37)39-2)27(36)18-21-8-12-23(13-9-21)32-29(38)33-26-7-4-3-6-25(26)31/h3-4,6-15H,5,16-19H2,1-2H3,(H2,32,33,38). The van der Waals surface area contributed by atoms with Gasteiger partial charge >= 0.3 is 18.0 Å². The quantitative estimate of drug-likeness (QED) is 0.288. The van der Waals surface area contributed by atoms with Gasteiger partial charge in [-0.1, -0.05) is 24.3 Å². The number of esters is 2. The van der Waals surface area contributed by atoms with Crippen LogP contribution in [0.1, 0.15) is 35.7 Å². The van der Waals surface area contributed by atoms with Crippen LogP contribution >= 0.6 is 15.9 Å². The molecule has 0 aliphatic carbocycles. The van der Waals surface area contributed by atoms with Crippen LogP contribution in [0.15, 0.2) is 77.3 Å². The number of rotatable bonds is 10. The number of urea groups is 1. The van der Waals surface area contributed by atoms with Gasteiger partial charge in [0.1, 0.15) is 12.5 Å². The number of hydrogen-bond donors (Lipinski definition) is 2. The summed E-state index contributed by atoms with van der Waals surface area (Å²) in [5.74, 6) is -0.811. The van der Waals surface area contributed by atoms with Crippen molar-refractivity contribution in [2.45, 2.75) is 31.9 Å². The molecule has 214 valence electrons. The number of halogens is 1. The maximum absolute atomic E-state index is 13.6. The number of nitrogens with zero attached hydrogens (tertiary/aromatic N) is 1. The van der Waals surface area contributed by atoms with Crippen molar-refractivity contribution in [3.63, 3.8) is 0 Å². The molecule has 10 nitrogen and oxygen atoms in total. The average molecular weight is 624 g/mol. The van der Waals surface area contributed by atoms with Gasteiger partial charge in [-0.2, -0.15) is 0 Å². The Hall–Kier alpha value is -4.22. The molecule has 1 atom stereocenters. The van der Waals surface area contributed by atoms with E-state index in [9.17, 15) is 19.2 Å². The molecule has 0 spiro atoms. The van der Waals surface area contributed by atoms with Crippen LogP contribution < -0.4 is 15.4 Å². The first-order chi connectivity index (χ1) is 19.7. The van der Waals surface area contributed by atoms with Crippen LogP contribution in [0.2, 0.25) is 0 Å². The number of methoxy groups -OCH3 is 1. The third-order valence-corrected chi connectivity index (χ3v) is 7.26. The fourth-order valence-corrected chi connectivity index (χ4v) is 4.96. The van der Waals surface area contributed by atoms with Crippen LogP contribution in [0.3, 0.4) is 0 Å². The molecule has 0 bridgehead atoms. The summed E-state index contributed by atoms with van der Waals surface area (Å²) in [6, 6.07) is 20.2. The Bertz CT molecular complexity index is 1410. The van der Waals surface area contributed by atoms with E-state index in [0.29, 0.717) is 47.6 Å². The van der Waals surface area contributed by atoms with E-state index >= 15 is 0 Å². The molecule has 2 amide bonds. The second-order valence-corrected chi connectivity index (χ2v) is 10.2. The van der Waals surface area contributed by atoms with E-state index in [1.54, 1.807) is 59.5 Å². The van der Waals surface area contributed by atoms with Crippen LogP contribution in [0, 0.1) is 0 Å². The van der Waals surface area contributed by atoms with E-state index in [-0.39, 0.29) is 18.9 Å². The van der Waals surface area contributed by atoms with Gasteiger partial charge in [0.15, 0.2) is 5.78 Å². The molecular formula is C30H30BrN3O7. The number of likely N-dealkylation sites (tertiary alicyclic amines) is 1. The fraction of sp³-hybridized carbons (Fsp3) is 0.267. The second-order valence-electron chi connectivity index (χ2n) is 9.39. The van der Waals surface area contributed by atoms with Gasteiger partial charge in [-0.05, 0) is 76.4 Å². The molecule has 1 fully saturated rings. The van der Waals surface area contributed by atoms with E-state index in [1.165, 1.54) is 14.0 Å². The second kappa shape index (κ2) is 13.4. The van der Waals surface area contributed by atoms with Gasteiger partial charge in [-0.25, -0.2) is 14.5 Å². The summed E-state index contributed by atoms with van der Waals surface area (Å²) in [6.45, 7) is 1.78. The Kier molecular flexibility index (Phi) is 9.74. The smallest absolute Gasteiger partial charge is 0.337 e. The highest BCUT2D eigenvalue weighted by Gasteiger charge is 2.50. The minimum absolute atomic E-state index is 0.00604. The molecule has 3 aromatic carbocycles. The van der Waals surface area contributed by atoms with E-state index < -0.39 is 23.7 Å². The van der Waals surface area contributed by atoms with E-state index in [1.807, 2.05) is 18.2 Å². The van der Waals surface area contributed by atoms with Crippen molar-refractivity contribution < 1.29 is 33.4 Å². The Morgan fingerprint density at radius 1 is 0.951 bits per heavy atom. The molecule has 0 aromatic heterocycles. The number of hydrogen-bond acceptors (Lipinski definition) is 8. The van der Waals surface area contributed by atoms with Crippen LogP contribution in [-0.2, 0) is 25.5 Å². The SMILES string of the molecule is COC(=O)c1ccc(OCN2CCCC2(OC(C)=O)C(=O)Cc2ccc(NC(=O)Nc3ccccc3Br)cc2)cc1.